The van der Waals surface area contributed by atoms with E-state index in [1.807, 2.05) is 13.8 Å². The highest BCUT2D eigenvalue weighted by molar-refractivity contribution is 7.80. The monoisotopic (exact) mass is 496 g/mol. The summed E-state index contributed by atoms with van der Waals surface area (Å²) < 4.78 is 0. The number of nitrogens with one attached hydrogen (secondary N) is 3. The average molecular weight is 497 g/mol. The Labute approximate surface area is 203 Å². The molecule has 12 heteroatoms. The fourth-order valence-electron chi connectivity index (χ4n) is 2.95. The zero-order chi connectivity index (χ0) is 25.8. The van der Waals surface area contributed by atoms with E-state index in [0.717, 1.165) is 5.56 Å². The van der Waals surface area contributed by atoms with Gasteiger partial charge < -0.3 is 31.9 Å². The zero-order valence-corrected chi connectivity index (χ0v) is 20.0. The quantitative estimate of drug-likeness (QED) is 0.169. The van der Waals surface area contributed by atoms with E-state index in [-0.39, 0.29) is 18.1 Å². The van der Waals surface area contributed by atoms with Crippen molar-refractivity contribution >= 4 is 42.3 Å². The molecule has 0 aromatic heterocycles. The van der Waals surface area contributed by atoms with Crippen LogP contribution in [0.2, 0.25) is 0 Å². The molecular weight excluding hydrogens is 464 g/mol. The number of benzene rings is 1. The van der Waals surface area contributed by atoms with E-state index in [0.29, 0.717) is 6.42 Å². The van der Waals surface area contributed by atoms with E-state index in [1.54, 1.807) is 30.3 Å². The molecule has 0 spiro atoms. The molecule has 7 N–H and O–H groups in total. The van der Waals surface area contributed by atoms with Crippen molar-refractivity contribution in [2.24, 2.45) is 11.7 Å². The number of aliphatic carboxylic acids is 2. The summed E-state index contributed by atoms with van der Waals surface area (Å²) in [5.41, 5.74) is 6.74. The van der Waals surface area contributed by atoms with Crippen LogP contribution in [0.1, 0.15) is 32.3 Å². The van der Waals surface area contributed by atoms with Gasteiger partial charge in [-0.3, -0.25) is 19.2 Å². The topological polar surface area (TPSA) is 188 Å². The van der Waals surface area contributed by atoms with Crippen molar-refractivity contribution < 1.29 is 34.2 Å². The van der Waals surface area contributed by atoms with Crippen molar-refractivity contribution in [2.75, 3.05) is 5.75 Å². The van der Waals surface area contributed by atoms with Gasteiger partial charge in [-0.05, 0) is 11.5 Å². The fourth-order valence-corrected chi connectivity index (χ4v) is 3.21. The van der Waals surface area contributed by atoms with Crippen LogP contribution in [-0.2, 0) is 30.4 Å². The van der Waals surface area contributed by atoms with Gasteiger partial charge in [0.15, 0.2) is 0 Å². The van der Waals surface area contributed by atoms with Gasteiger partial charge in [0.05, 0.1) is 12.5 Å². The van der Waals surface area contributed by atoms with Gasteiger partial charge in [-0.15, -0.1) is 0 Å². The van der Waals surface area contributed by atoms with E-state index in [4.69, 9.17) is 15.9 Å². The summed E-state index contributed by atoms with van der Waals surface area (Å²) in [7, 11) is 0. The van der Waals surface area contributed by atoms with Gasteiger partial charge in [0.2, 0.25) is 17.7 Å². The van der Waals surface area contributed by atoms with Crippen LogP contribution in [0.4, 0.5) is 0 Å². The molecule has 0 aliphatic rings. The first kappa shape index (κ1) is 28.9. The standard InChI is InChI=1S/C22H32N4O7S/c1-3-12(2)18(23)21(31)24-14(9-13-7-5-4-6-8-13)19(29)26-16(11-34)20(30)25-15(22(32)33)10-17(27)28/h4-8,12,14-16,18,34H,3,9-11,23H2,1-2H3,(H,24,31)(H,25,30)(H,26,29)(H,27,28)(H,32,33). The van der Waals surface area contributed by atoms with Crippen LogP contribution in [0, 0.1) is 5.92 Å². The maximum absolute atomic E-state index is 13.0. The summed E-state index contributed by atoms with van der Waals surface area (Å²) in [6, 6.07) is 4.02. The second-order valence-electron chi connectivity index (χ2n) is 7.90. The number of thiol groups is 1. The van der Waals surface area contributed by atoms with Crippen molar-refractivity contribution in [3.05, 3.63) is 35.9 Å². The molecule has 0 bridgehead atoms. The maximum atomic E-state index is 13.0. The Morgan fingerprint density at radius 2 is 1.44 bits per heavy atom. The normalized spacial score (nSPS) is 15.2. The predicted molar refractivity (Wildman–Crippen MR) is 127 cm³/mol. The van der Waals surface area contributed by atoms with Crippen molar-refractivity contribution in [3.63, 3.8) is 0 Å². The predicted octanol–water partition coefficient (Wildman–Crippen LogP) is -0.454. The lowest BCUT2D eigenvalue weighted by Gasteiger charge is -2.25. The Kier molecular flexibility index (Phi) is 12.1. The minimum absolute atomic E-state index is 0.114. The van der Waals surface area contributed by atoms with Crippen LogP contribution in [0.3, 0.4) is 0 Å². The van der Waals surface area contributed by atoms with Crippen molar-refractivity contribution in [2.45, 2.75) is 57.3 Å². The Hall–Kier alpha value is -3.12. The Balaban J connectivity index is 3.01. The van der Waals surface area contributed by atoms with E-state index in [1.165, 1.54) is 0 Å². The number of nitrogens with two attached hydrogens (primary N) is 1. The smallest absolute Gasteiger partial charge is 0.326 e. The molecule has 11 nitrogen and oxygen atoms in total. The number of amides is 3. The number of carboxylic acid groups (broad SMARTS) is 2. The molecule has 0 aliphatic heterocycles. The van der Waals surface area contributed by atoms with Gasteiger partial charge >= 0.3 is 11.9 Å². The first-order valence-electron chi connectivity index (χ1n) is 10.8. The molecule has 0 aliphatic carbocycles. The second kappa shape index (κ2) is 14.2. The SMILES string of the molecule is CCC(C)C(N)C(=O)NC(Cc1ccccc1)C(=O)NC(CS)C(=O)NC(CC(=O)O)C(=O)O. The van der Waals surface area contributed by atoms with Crippen LogP contribution in [-0.4, -0.2) is 69.8 Å². The number of carbonyl (C=O) groups is 5. The molecule has 34 heavy (non-hydrogen) atoms. The summed E-state index contributed by atoms with van der Waals surface area (Å²) >= 11 is 4.04. The molecule has 5 atom stereocenters. The summed E-state index contributed by atoms with van der Waals surface area (Å²) in [4.78, 5) is 60.3. The molecule has 188 valence electrons. The molecule has 3 amide bonds. The van der Waals surface area contributed by atoms with E-state index in [9.17, 15) is 24.0 Å². The van der Waals surface area contributed by atoms with E-state index < -0.39 is 60.2 Å². The minimum atomic E-state index is -1.68. The number of rotatable bonds is 14. The van der Waals surface area contributed by atoms with Gasteiger partial charge in [-0.25, -0.2) is 4.79 Å². The summed E-state index contributed by atoms with van der Waals surface area (Å²) in [6.45, 7) is 3.70. The lowest BCUT2D eigenvalue weighted by Crippen LogP contribution is -2.58. The molecule has 1 aromatic carbocycles. The van der Waals surface area contributed by atoms with Crippen molar-refractivity contribution in [3.8, 4) is 0 Å². The third-order valence-electron chi connectivity index (χ3n) is 5.28. The van der Waals surface area contributed by atoms with E-state index in [2.05, 4.69) is 28.6 Å². The second-order valence-corrected chi connectivity index (χ2v) is 8.27. The highest BCUT2D eigenvalue weighted by atomic mass is 32.1. The largest absolute Gasteiger partial charge is 0.481 e. The summed E-state index contributed by atoms with van der Waals surface area (Å²) in [6.07, 6.45) is -0.0645. The van der Waals surface area contributed by atoms with Gasteiger partial charge in [0, 0.05) is 12.2 Å². The van der Waals surface area contributed by atoms with Crippen LogP contribution in [0.15, 0.2) is 30.3 Å². The highest BCUT2D eigenvalue weighted by Gasteiger charge is 2.31. The van der Waals surface area contributed by atoms with E-state index >= 15 is 0 Å². The number of carboxylic acids is 2. The Bertz CT molecular complexity index is 868. The van der Waals surface area contributed by atoms with Crippen molar-refractivity contribution in [1.29, 1.82) is 0 Å². The van der Waals surface area contributed by atoms with Gasteiger partial charge in [-0.2, -0.15) is 12.6 Å². The molecule has 0 heterocycles. The molecule has 1 aromatic rings. The number of hydrogen-bond acceptors (Lipinski definition) is 7. The average Bonchev–Trinajstić information content (AvgIpc) is 2.80. The maximum Gasteiger partial charge on any atom is 0.326 e. The summed E-state index contributed by atoms with van der Waals surface area (Å²) in [5.74, 6) is -5.42. The van der Waals surface area contributed by atoms with Gasteiger partial charge in [0.1, 0.15) is 18.1 Å². The molecule has 0 radical (unpaired) electrons. The van der Waals surface area contributed by atoms with Crippen LogP contribution >= 0.6 is 12.6 Å². The lowest BCUT2D eigenvalue weighted by atomic mass is 9.98. The third-order valence-corrected chi connectivity index (χ3v) is 5.65. The first-order chi connectivity index (χ1) is 16.0. The van der Waals surface area contributed by atoms with Crippen LogP contribution in [0.5, 0.6) is 0 Å². The van der Waals surface area contributed by atoms with Crippen LogP contribution < -0.4 is 21.7 Å². The molecule has 0 fully saturated rings. The fraction of sp³-hybridized carbons (Fsp3) is 0.500. The number of carbonyl (C=O) groups excluding carboxylic acids is 3. The highest BCUT2D eigenvalue weighted by Crippen LogP contribution is 2.08. The number of hydrogen-bond donors (Lipinski definition) is 7. The summed E-state index contributed by atoms with van der Waals surface area (Å²) in [5, 5.41) is 25.1. The Morgan fingerprint density at radius 3 is 1.94 bits per heavy atom. The van der Waals surface area contributed by atoms with Crippen LogP contribution in [0.25, 0.3) is 0 Å². The molecule has 0 saturated carbocycles. The minimum Gasteiger partial charge on any atom is -0.481 e. The van der Waals surface area contributed by atoms with Gasteiger partial charge in [0.25, 0.3) is 0 Å². The molecule has 0 saturated heterocycles. The lowest BCUT2D eigenvalue weighted by molar-refractivity contribution is -0.147. The third kappa shape index (κ3) is 9.40. The zero-order valence-electron chi connectivity index (χ0n) is 19.1. The molecule has 1 rings (SSSR count). The molecule has 5 unspecified atom stereocenters. The van der Waals surface area contributed by atoms with Crippen molar-refractivity contribution in [1.82, 2.24) is 16.0 Å². The molecular formula is C22H32N4O7S. The Morgan fingerprint density at radius 1 is 0.912 bits per heavy atom. The van der Waals surface area contributed by atoms with Gasteiger partial charge in [-0.1, -0.05) is 50.6 Å². The first-order valence-corrected chi connectivity index (χ1v) is 11.4.